The second-order valence-corrected chi connectivity index (χ2v) is 9.96. The maximum atomic E-state index is 11.6. The van der Waals surface area contributed by atoms with Crippen molar-refractivity contribution in [3.8, 4) is 0 Å². The molecule has 1 aromatic carbocycles. The third kappa shape index (κ3) is 9.09. The van der Waals surface area contributed by atoms with E-state index in [1.165, 1.54) is 31.9 Å². The third-order valence-corrected chi connectivity index (χ3v) is 6.75. The number of hydrogen-bond donors (Lipinski definition) is 2. The molecule has 1 saturated carbocycles. The van der Waals surface area contributed by atoms with E-state index in [1.807, 2.05) is 19.1 Å². The summed E-state index contributed by atoms with van der Waals surface area (Å²) in [4.78, 5) is 5.24. The molecule has 0 bridgehead atoms. The number of halogens is 1. The first-order valence-corrected chi connectivity index (χ1v) is 12.7. The minimum atomic E-state index is -3.14. The first-order chi connectivity index (χ1) is 13.9. The van der Waals surface area contributed by atoms with Crippen LogP contribution < -0.4 is 10.6 Å². The fourth-order valence-electron chi connectivity index (χ4n) is 3.86. The number of benzene rings is 1. The van der Waals surface area contributed by atoms with Crippen molar-refractivity contribution in [1.29, 1.82) is 0 Å². The molecular formula is C22H38IN3O3S. The van der Waals surface area contributed by atoms with Gasteiger partial charge in [0, 0.05) is 39.1 Å². The smallest absolute Gasteiger partial charge is 0.191 e. The third-order valence-electron chi connectivity index (χ3n) is 5.62. The summed E-state index contributed by atoms with van der Waals surface area (Å²) < 4.78 is 28.7. The molecule has 1 aromatic rings. The summed E-state index contributed by atoms with van der Waals surface area (Å²) in [6.45, 7) is 8.10. The normalized spacial score (nSPS) is 16.2. The molecule has 0 radical (unpaired) electrons. The summed E-state index contributed by atoms with van der Waals surface area (Å²) in [6, 6.07) is 7.10. The zero-order chi connectivity index (χ0) is 21.2. The molecule has 0 saturated heterocycles. The molecule has 6 nitrogen and oxygen atoms in total. The Kier molecular flexibility index (Phi) is 12.2. The van der Waals surface area contributed by atoms with Crippen molar-refractivity contribution in [3.05, 3.63) is 29.8 Å². The van der Waals surface area contributed by atoms with Gasteiger partial charge < -0.3 is 15.4 Å². The number of aliphatic imine (C=N–C) groups is 1. The summed E-state index contributed by atoms with van der Waals surface area (Å²) in [6.07, 6.45) is 8.16. The highest BCUT2D eigenvalue weighted by molar-refractivity contribution is 14.0. The molecule has 1 fully saturated rings. The maximum absolute atomic E-state index is 11.6. The van der Waals surface area contributed by atoms with E-state index in [0.717, 1.165) is 57.2 Å². The van der Waals surface area contributed by atoms with Crippen LogP contribution in [0, 0.1) is 5.41 Å². The lowest BCUT2D eigenvalue weighted by Crippen LogP contribution is -2.39. The van der Waals surface area contributed by atoms with Crippen LogP contribution in [0.3, 0.4) is 0 Å². The molecule has 1 aliphatic rings. The van der Waals surface area contributed by atoms with Crippen molar-refractivity contribution in [3.63, 3.8) is 0 Å². The number of rotatable bonds is 11. The number of sulfone groups is 1. The largest absolute Gasteiger partial charge is 0.382 e. The highest BCUT2D eigenvalue weighted by Gasteiger charge is 2.33. The molecule has 2 N–H and O–H groups in total. The van der Waals surface area contributed by atoms with E-state index in [4.69, 9.17) is 9.73 Å². The van der Waals surface area contributed by atoms with Gasteiger partial charge in [0.15, 0.2) is 15.8 Å². The Hall–Kier alpha value is -0.870. The molecule has 0 amide bonds. The van der Waals surface area contributed by atoms with E-state index in [2.05, 4.69) is 17.6 Å². The highest BCUT2D eigenvalue weighted by atomic mass is 127. The number of ether oxygens (including phenoxy) is 1. The van der Waals surface area contributed by atoms with Gasteiger partial charge in [-0.25, -0.2) is 8.42 Å². The average Bonchev–Trinajstić information content (AvgIpc) is 3.15. The van der Waals surface area contributed by atoms with Crippen LogP contribution in [0.25, 0.3) is 0 Å². The van der Waals surface area contributed by atoms with Crippen LogP contribution in [0.2, 0.25) is 0 Å². The summed E-state index contributed by atoms with van der Waals surface area (Å²) in [5.74, 6) is 0.850. The van der Waals surface area contributed by atoms with Crippen molar-refractivity contribution in [1.82, 2.24) is 10.6 Å². The van der Waals surface area contributed by atoms with Gasteiger partial charge in [0.1, 0.15) is 0 Å². The SMILES string of the molecule is CCNC(=NCC1(CCOCC)CCCC1)NCCc1ccc(S(C)(=O)=O)cc1.I. The van der Waals surface area contributed by atoms with Gasteiger partial charge in [-0.1, -0.05) is 25.0 Å². The van der Waals surface area contributed by atoms with Gasteiger partial charge in [0.2, 0.25) is 0 Å². The first-order valence-electron chi connectivity index (χ1n) is 10.8. The fourth-order valence-corrected chi connectivity index (χ4v) is 4.49. The number of nitrogens with one attached hydrogen (secondary N) is 2. The second kappa shape index (κ2) is 13.5. The maximum Gasteiger partial charge on any atom is 0.191 e. The lowest BCUT2D eigenvalue weighted by atomic mass is 9.83. The van der Waals surface area contributed by atoms with Crippen molar-refractivity contribution >= 4 is 39.8 Å². The van der Waals surface area contributed by atoms with Crippen molar-refractivity contribution in [2.75, 3.05) is 39.1 Å². The van der Waals surface area contributed by atoms with Crippen molar-refractivity contribution in [2.24, 2.45) is 10.4 Å². The van der Waals surface area contributed by atoms with Crippen LogP contribution >= 0.6 is 24.0 Å². The highest BCUT2D eigenvalue weighted by Crippen LogP contribution is 2.41. The lowest BCUT2D eigenvalue weighted by Gasteiger charge is -2.27. The van der Waals surface area contributed by atoms with Gasteiger partial charge in [-0.15, -0.1) is 24.0 Å². The lowest BCUT2D eigenvalue weighted by molar-refractivity contribution is 0.107. The van der Waals surface area contributed by atoms with E-state index in [0.29, 0.717) is 4.90 Å². The summed E-state index contributed by atoms with van der Waals surface area (Å²) in [7, 11) is -3.14. The molecular weight excluding hydrogens is 513 g/mol. The Morgan fingerprint density at radius 1 is 1.13 bits per heavy atom. The van der Waals surface area contributed by atoms with Crippen molar-refractivity contribution < 1.29 is 13.2 Å². The molecule has 8 heteroatoms. The fraction of sp³-hybridized carbons (Fsp3) is 0.682. The topological polar surface area (TPSA) is 79.8 Å². The summed E-state index contributed by atoms with van der Waals surface area (Å²) >= 11 is 0. The Morgan fingerprint density at radius 2 is 1.80 bits per heavy atom. The standard InChI is InChI=1S/C22H37N3O3S.HI/c1-4-23-21(25-18-22(13-6-7-14-22)15-17-28-5-2)24-16-12-19-8-10-20(11-9-19)29(3,26)27;/h8-11H,4-7,12-18H2,1-3H3,(H2,23,24,25);1H. The van der Waals surface area contributed by atoms with Gasteiger partial charge >= 0.3 is 0 Å². The minimum absolute atomic E-state index is 0. The van der Waals surface area contributed by atoms with Gasteiger partial charge in [0.05, 0.1) is 4.90 Å². The molecule has 0 heterocycles. The first kappa shape index (κ1) is 27.2. The van der Waals surface area contributed by atoms with E-state index >= 15 is 0 Å². The van der Waals surface area contributed by atoms with Crippen LogP contribution in [0.4, 0.5) is 0 Å². The molecule has 172 valence electrons. The number of nitrogens with zero attached hydrogens (tertiary/aromatic N) is 1. The number of guanidine groups is 1. The van der Waals surface area contributed by atoms with Crippen LogP contribution in [-0.2, 0) is 21.0 Å². The molecule has 1 aliphatic carbocycles. The minimum Gasteiger partial charge on any atom is -0.382 e. The summed E-state index contributed by atoms with van der Waals surface area (Å²) in [5.41, 5.74) is 1.38. The van der Waals surface area contributed by atoms with E-state index in [-0.39, 0.29) is 29.4 Å². The monoisotopic (exact) mass is 551 g/mol. The van der Waals surface area contributed by atoms with Crippen LogP contribution in [0.5, 0.6) is 0 Å². The van der Waals surface area contributed by atoms with Gasteiger partial charge in [-0.05, 0) is 62.6 Å². The predicted molar refractivity (Wildman–Crippen MR) is 135 cm³/mol. The Bertz CT molecular complexity index is 745. The Morgan fingerprint density at radius 3 is 2.37 bits per heavy atom. The van der Waals surface area contributed by atoms with Crippen molar-refractivity contribution in [2.45, 2.75) is 57.3 Å². The van der Waals surface area contributed by atoms with Gasteiger partial charge in [-0.2, -0.15) is 0 Å². The van der Waals surface area contributed by atoms with Gasteiger partial charge in [0.25, 0.3) is 0 Å². The predicted octanol–water partition coefficient (Wildman–Crippen LogP) is 3.79. The molecule has 0 spiro atoms. The van der Waals surface area contributed by atoms with E-state index in [9.17, 15) is 8.42 Å². The Balaban J connectivity index is 0.00000450. The number of hydrogen-bond acceptors (Lipinski definition) is 4. The quantitative estimate of drug-likeness (QED) is 0.189. The average molecular weight is 552 g/mol. The molecule has 0 aliphatic heterocycles. The van der Waals surface area contributed by atoms with Crippen LogP contribution in [0.1, 0.15) is 51.5 Å². The molecule has 0 atom stereocenters. The van der Waals surface area contributed by atoms with E-state index in [1.54, 1.807) is 12.1 Å². The molecule has 0 aromatic heterocycles. The van der Waals surface area contributed by atoms with E-state index < -0.39 is 9.84 Å². The summed E-state index contributed by atoms with van der Waals surface area (Å²) in [5, 5.41) is 6.75. The van der Waals surface area contributed by atoms with Crippen LogP contribution in [-0.4, -0.2) is 53.5 Å². The molecule has 2 rings (SSSR count). The van der Waals surface area contributed by atoms with Crippen LogP contribution in [0.15, 0.2) is 34.2 Å². The zero-order valence-electron chi connectivity index (χ0n) is 18.6. The molecule has 0 unspecified atom stereocenters. The zero-order valence-corrected chi connectivity index (χ0v) is 21.7. The Labute approximate surface area is 199 Å². The second-order valence-electron chi connectivity index (χ2n) is 7.94. The van der Waals surface area contributed by atoms with Gasteiger partial charge in [-0.3, -0.25) is 4.99 Å². The molecule has 30 heavy (non-hydrogen) atoms.